The molecule has 35 heavy (non-hydrogen) atoms. The third-order valence-corrected chi connectivity index (χ3v) is 7.01. The van der Waals surface area contributed by atoms with Gasteiger partial charge in [0, 0.05) is 35.7 Å². The van der Waals surface area contributed by atoms with E-state index in [0.29, 0.717) is 0 Å². The number of rotatable bonds is 8. The summed E-state index contributed by atoms with van der Waals surface area (Å²) in [6.45, 7) is -0.553. The fourth-order valence-corrected chi connectivity index (χ4v) is 4.66. The van der Waals surface area contributed by atoms with Crippen molar-refractivity contribution in [2.75, 3.05) is 20.2 Å². The lowest BCUT2D eigenvalue weighted by Crippen LogP contribution is -2.52. The molecule has 0 spiro atoms. The molecule has 1 aliphatic carbocycles. The highest BCUT2D eigenvalue weighted by Crippen LogP contribution is 2.35. The second-order valence-corrected chi connectivity index (χ2v) is 9.22. The van der Waals surface area contributed by atoms with Gasteiger partial charge in [0.15, 0.2) is 6.61 Å². The number of imide groups is 1. The van der Waals surface area contributed by atoms with E-state index in [1.165, 1.54) is 11.0 Å². The average molecular weight is 511 g/mol. The maximum atomic E-state index is 15.2. The predicted octanol–water partition coefficient (Wildman–Crippen LogP) is 1.64. The Morgan fingerprint density at radius 2 is 2.09 bits per heavy atom. The molecule has 0 bridgehead atoms. The standard InChI is InChI=1S/C22H25ClFN5O6/c1-27(13-3-2-4-13)29(34)7-8-35-22(33)25-10-12-9-15(23)14-11-28(21(32)18(14)19(12)24)16-5-6-17(30)26-20(16)31/h9,13,16H,2-8,10-11H2,1H3,(H-,25,26,30,31,33)/p+1. The molecule has 1 aromatic carbocycles. The quantitative estimate of drug-likeness (QED) is 0.309. The van der Waals surface area contributed by atoms with Crippen LogP contribution in [0.15, 0.2) is 6.07 Å². The van der Waals surface area contributed by atoms with Crippen LogP contribution in [0.1, 0.15) is 53.6 Å². The van der Waals surface area contributed by atoms with Crippen molar-refractivity contribution in [1.29, 1.82) is 0 Å². The Morgan fingerprint density at radius 1 is 1.34 bits per heavy atom. The van der Waals surface area contributed by atoms with Crippen molar-refractivity contribution in [2.24, 2.45) is 0 Å². The molecule has 13 heteroatoms. The molecule has 3 aliphatic rings. The van der Waals surface area contributed by atoms with E-state index in [1.807, 2.05) is 0 Å². The summed E-state index contributed by atoms with van der Waals surface area (Å²) in [6, 6.07) is 0.621. The number of ether oxygens (including phenoxy) is 1. The summed E-state index contributed by atoms with van der Waals surface area (Å²) in [5, 5.41) is 6.28. The van der Waals surface area contributed by atoms with Crippen LogP contribution in [0.3, 0.4) is 0 Å². The number of hydrazine groups is 1. The topological polar surface area (TPSA) is 128 Å². The van der Waals surface area contributed by atoms with Crippen LogP contribution in [-0.2, 0) is 27.4 Å². The van der Waals surface area contributed by atoms with Crippen molar-refractivity contribution in [2.45, 2.75) is 57.3 Å². The summed E-state index contributed by atoms with van der Waals surface area (Å²) in [7, 11) is 1.69. The Kier molecular flexibility index (Phi) is 7.20. The summed E-state index contributed by atoms with van der Waals surface area (Å²) < 4.78 is 20.2. The number of carbonyl (C=O) groups is 4. The van der Waals surface area contributed by atoms with Crippen LogP contribution in [0, 0.1) is 10.7 Å². The number of carbonyl (C=O) groups excluding carboxylic acids is 4. The first kappa shape index (κ1) is 24.8. The van der Waals surface area contributed by atoms with E-state index >= 15 is 4.39 Å². The summed E-state index contributed by atoms with van der Waals surface area (Å²) in [5.41, 5.74) is -0.0379. The molecule has 1 atom stereocenters. The minimum Gasteiger partial charge on any atom is -0.442 e. The highest BCUT2D eigenvalue weighted by Gasteiger charge is 2.42. The number of hydrogen-bond donors (Lipinski definition) is 2. The Labute approximate surface area is 205 Å². The molecule has 0 aromatic heterocycles. The largest absolute Gasteiger partial charge is 0.442 e. The van der Waals surface area contributed by atoms with E-state index in [9.17, 15) is 24.1 Å². The van der Waals surface area contributed by atoms with E-state index in [1.54, 1.807) is 12.1 Å². The number of hydrogen-bond acceptors (Lipinski definition) is 6. The Bertz CT molecular complexity index is 1090. The van der Waals surface area contributed by atoms with Crippen LogP contribution >= 0.6 is 11.6 Å². The maximum Gasteiger partial charge on any atom is 0.407 e. The minimum absolute atomic E-state index is 0.0284. The lowest BCUT2D eigenvalue weighted by atomic mass is 9.93. The van der Waals surface area contributed by atoms with Crippen molar-refractivity contribution in [3.8, 4) is 0 Å². The number of fused-ring (bicyclic) bond motifs is 1. The van der Waals surface area contributed by atoms with Crippen molar-refractivity contribution in [3.63, 3.8) is 0 Å². The van der Waals surface area contributed by atoms with Gasteiger partial charge in [-0.3, -0.25) is 19.7 Å². The van der Waals surface area contributed by atoms with E-state index in [-0.39, 0.29) is 66.8 Å². The molecule has 1 aromatic rings. The average Bonchev–Trinajstić information content (AvgIpc) is 3.11. The fraction of sp³-hybridized carbons (Fsp3) is 0.545. The second-order valence-electron chi connectivity index (χ2n) is 8.81. The molecule has 0 radical (unpaired) electrons. The molecular formula is C22H26ClFN5O6+. The number of amides is 4. The van der Waals surface area contributed by atoms with Crippen LogP contribution in [0.2, 0.25) is 5.02 Å². The molecule has 1 saturated heterocycles. The summed E-state index contributed by atoms with van der Waals surface area (Å²) >= 11 is 6.29. The SMILES string of the molecule is CN(C1CCC1)[N+](=O)CCOC(=O)NCc1cc(Cl)c2c(c1F)C(=O)N(C1CCC(=O)NC1=O)C2. The smallest absolute Gasteiger partial charge is 0.407 e. The molecule has 1 unspecified atom stereocenters. The fourth-order valence-electron chi connectivity index (χ4n) is 4.37. The van der Waals surface area contributed by atoms with Crippen molar-refractivity contribution >= 4 is 35.4 Å². The number of nitrogens with zero attached hydrogens (tertiary/aromatic N) is 3. The van der Waals surface area contributed by atoms with Gasteiger partial charge >= 0.3 is 6.09 Å². The van der Waals surface area contributed by atoms with Crippen LogP contribution in [0.4, 0.5) is 9.18 Å². The lowest BCUT2D eigenvalue weighted by molar-refractivity contribution is -0.712. The van der Waals surface area contributed by atoms with E-state index < -0.39 is 35.7 Å². The normalized spacial score (nSPS) is 19.7. The number of nitroso groups, excluding NO2 is 1. The van der Waals surface area contributed by atoms with Crippen molar-refractivity contribution in [1.82, 2.24) is 20.5 Å². The third-order valence-electron chi connectivity index (χ3n) is 6.68. The van der Waals surface area contributed by atoms with Gasteiger partial charge < -0.3 is 15.0 Å². The molecule has 2 heterocycles. The Morgan fingerprint density at radius 3 is 2.74 bits per heavy atom. The van der Waals surface area contributed by atoms with Gasteiger partial charge in [0.1, 0.15) is 16.7 Å². The maximum absolute atomic E-state index is 15.2. The zero-order valence-corrected chi connectivity index (χ0v) is 19.9. The number of piperidine rings is 1. The number of nitrogens with one attached hydrogen (secondary N) is 2. The van der Waals surface area contributed by atoms with Gasteiger partial charge in [-0.2, -0.15) is 0 Å². The van der Waals surface area contributed by atoms with Crippen molar-refractivity contribution in [3.05, 3.63) is 38.5 Å². The highest BCUT2D eigenvalue weighted by atomic mass is 35.5. The van der Waals surface area contributed by atoms with Crippen LogP contribution < -0.4 is 10.6 Å². The molecule has 2 aliphatic heterocycles. The monoisotopic (exact) mass is 510 g/mol. The predicted molar refractivity (Wildman–Crippen MR) is 120 cm³/mol. The molecule has 4 amide bonds. The third kappa shape index (κ3) is 5.07. The number of alkyl carbamates (subject to hydrolysis) is 1. The first-order valence-corrected chi connectivity index (χ1v) is 11.8. The second kappa shape index (κ2) is 10.1. The lowest BCUT2D eigenvalue weighted by Gasteiger charge is -2.29. The van der Waals surface area contributed by atoms with Gasteiger partial charge in [-0.15, -0.1) is 5.01 Å². The van der Waals surface area contributed by atoms with Crippen molar-refractivity contribution < 1.29 is 33.2 Å². The van der Waals surface area contributed by atoms with E-state index in [2.05, 4.69) is 10.6 Å². The Hall–Kier alpha value is -3.28. The van der Waals surface area contributed by atoms with Gasteiger partial charge in [0.05, 0.1) is 23.6 Å². The minimum atomic E-state index is -0.900. The summed E-state index contributed by atoms with van der Waals surface area (Å²) in [4.78, 5) is 62.5. The molecule has 2 fully saturated rings. The van der Waals surface area contributed by atoms with Crippen LogP contribution in [-0.4, -0.2) is 70.9 Å². The summed E-state index contributed by atoms with van der Waals surface area (Å²) in [5.74, 6) is -2.59. The molecule has 2 N–H and O–H groups in total. The number of halogens is 2. The highest BCUT2D eigenvalue weighted by molar-refractivity contribution is 6.32. The van der Waals surface area contributed by atoms with Gasteiger partial charge in [-0.25, -0.2) is 9.18 Å². The molecule has 4 rings (SSSR count). The van der Waals surface area contributed by atoms with Crippen LogP contribution in [0.25, 0.3) is 0 Å². The first-order chi connectivity index (χ1) is 16.7. The molecular weight excluding hydrogens is 485 g/mol. The van der Waals surface area contributed by atoms with Gasteiger partial charge in [0.2, 0.25) is 11.8 Å². The Balaban J connectivity index is 1.33. The van der Waals surface area contributed by atoms with E-state index in [4.69, 9.17) is 16.3 Å². The molecule has 11 nitrogen and oxygen atoms in total. The van der Waals surface area contributed by atoms with Gasteiger partial charge in [-0.1, -0.05) is 11.6 Å². The zero-order valence-electron chi connectivity index (χ0n) is 19.1. The zero-order chi connectivity index (χ0) is 25.3. The summed E-state index contributed by atoms with van der Waals surface area (Å²) in [6.07, 6.45) is 2.37. The van der Waals surface area contributed by atoms with Gasteiger partial charge in [-0.05, 0) is 31.7 Å². The molecule has 188 valence electrons. The van der Waals surface area contributed by atoms with Gasteiger partial charge in [0.25, 0.3) is 12.5 Å². The van der Waals surface area contributed by atoms with Crippen LogP contribution in [0.5, 0.6) is 0 Å². The number of benzene rings is 1. The first-order valence-electron chi connectivity index (χ1n) is 11.4. The molecule has 1 saturated carbocycles. The van der Waals surface area contributed by atoms with E-state index in [0.717, 1.165) is 24.1 Å².